The normalized spacial score (nSPS) is 25.0. The number of fused-ring (bicyclic) bond motifs is 2. The fourth-order valence-electron chi connectivity index (χ4n) is 5.20. The van der Waals surface area contributed by atoms with Gasteiger partial charge in [-0.05, 0) is 37.2 Å². The highest BCUT2D eigenvalue weighted by atomic mass is 32.5. The summed E-state index contributed by atoms with van der Waals surface area (Å²) in [4.78, 5) is 64.9. The lowest BCUT2D eigenvalue weighted by atomic mass is 10.1. The van der Waals surface area contributed by atoms with Crippen LogP contribution in [0, 0.1) is 5.92 Å². The van der Waals surface area contributed by atoms with Crippen LogP contribution < -0.4 is 22.6 Å². The molecule has 4 aromatic heterocycles. The van der Waals surface area contributed by atoms with Gasteiger partial charge in [-0.25, -0.2) is 9.97 Å². The summed E-state index contributed by atoms with van der Waals surface area (Å²) in [7, 11) is 0.0787. The molecule has 0 bridgehead atoms. The predicted octanol–water partition coefficient (Wildman–Crippen LogP) is -0.166. The van der Waals surface area contributed by atoms with Gasteiger partial charge in [-0.1, -0.05) is 0 Å². The molecule has 8 N–H and O–H groups in total. The second-order valence-corrected chi connectivity index (χ2v) is 13.6. The molecule has 0 amide bonds. The lowest BCUT2D eigenvalue weighted by Gasteiger charge is -2.21. The monoisotopic (exact) mass is 642 g/mol. The summed E-state index contributed by atoms with van der Waals surface area (Å²) < 4.78 is 26.7. The number of nitrogens with one attached hydrogen (secondary N) is 2. The van der Waals surface area contributed by atoms with E-state index in [9.17, 15) is 19.4 Å². The van der Waals surface area contributed by atoms with Gasteiger partial charge in [0.05, 0.1) is 38.1 Å². The van der Waals surface area contributed by atoms with E-state index in [1.54, 1.807) is 9.13 Å². The van der Waals surface area contributed by atoms with Gasteiger partial charge in [0, 0.05) is 14.7 Å². The molecule has 6 atom stereocenters. The molecule has 2 aliphatic heterocycles. The molecule has 0 aliphatic carbocycles. The van der Waals surface area contributed by atoms with Crippen molar-refractivity contribution in [3.05, 3.63) is 33.4 Å². The number of nitrogens with two attached hydrogens (primary N) is 2. The largest absolute Gasteiger partial charge is 0.369 e. The van der Waals surface area contributed by atoms with Crippen LogP contribution in [0.4, 0.5) is 11.9 Å². The molecule has 0 saturated carbocycles. The first kappa shape index (κ1) is 29.2. The van der Waals surface area contributed by atoms with Gasteiger partial charge >= 0.3 is 6.72 Å². The Morgan fingerprint density at radius 3 is 2.31 bits per heavy atom. The fraction of sp³-hybridized carbons (Fsp3) is 0.524. The van der Waals surface area contributed by atoms with E-state index in [1.165, 1.54) is 12.7 Å². The highest BCUT2D eigenvalue weighted by Crippen LogP contribution is 2.42. The Morgan fingerprint density at radius 1 is 1.00 bits per heavy atom. The number of ether oxygens (including phenoxy) is 2. The molecule has 4 aromatic rings. The number of aromatic amines is 2. The summed E-state index contributed by atoms with van der Waals surface area (Å²) in [6.45, 7) is -3.63. The highest BCUT2D eigenvalue weighted by Gasteiger charge is 2.38. The highest BCUT2D eigenvalue weighted by molar-refractivity contribution is 8.06. The number of H-pyrrole nitrogens is 2. The molecule has 5 unspecified atom stereocenters. The minimum Gasteiger partial charge on any atom is -0.369 e. The van der Waals surface area contributed by atoms with E-state index >= 15 is 0 Å². The minimum absolute atomic E-state index is 0.00362. The van der Waals surface area contributed by atoms with Crippen molar-refractivity contribution in [1.82, 2.24) is 39.0 Å². The number of nitrogens with zero attached hydrogens (tertiary/aromatic N) is 6. The van der Waals surface area contributed by atoms with Crippen LogP contribution in [-0.4, -0.2) is 80.4 Å². The maximum atomic E-state index is 12.3. The van der Waals surface area contributed by atoms with Crippen molar-refractivity contribution in [2.45, 2.75) is 43.9 Å². The number of aromatic nitrogens is 8. The van der Waals surface area contributed by atoms with Crippen molar-refractivity contribution >= 4 is 61.6 Å². The Labute approximate surface area is 242 Å². The molecular formula is C21H28N10O8P2S. The number of anilines is 2. The molecule has 21 heteroatoms. The van der Waals surface area contributed by atoms with E-state index in [1.807, 2.05) is 0 Å². The molecule has 226 valence electrons. The summed E-state index contributed by atoms with van der Waals surface area (Å²) in [5.41, 5.74) is 11.5. The first-order chi connectivity index (χ1) is 20.1. The standard InChI is InChI=1S/C21H28N10O8P2S/c22-20-26-15-13(17(32)28-20)24-7-30(15)12-2-1-10(38-12)4-36-40-6-9-3-11(5-37-41(34,35)42)39-19(9)31-8-25-14-16(31)27-21(23)29-18(14)33/h7-12,19,40H,1-6H2,(H2,34,35,42)(H3,22,26,28,32)(H3,23,27,29,33)/t9-,10?,11?,12?,19?/m0/s1. The number of nitrogen functional groups attached to an aromatic ring is 2. The summed E-state index contributed by atoms with van der Waals surface area (Å²) >= 11 is 4.56. The molecule has 18 nitrogen and oxygen atoms in total. The van der Waals surface area contributed by atoms with E-state index in [0.717, 1.165) is 6.42 Å². The molecule has 2 fully saturated rings. The third-order valence-electron chi connectivity index (χ3n) is 7.02. The topological polar surface area (TPSA) is 257 Å². The van der Waals surface area contributed by atoms with E-state index in [2.05, 4.69) is 41.7 Å². The zero-order valence-electron chi connectivity index (χ0n) is 21.8. The maximum Gasteiger partial charge on any atom is 0.321 e. The number of imidazole rings is 2. The van der Waals surface area contributed by atoms with Gasteiger partial charge in [0.1, 0.15) is 12.5 Å². The number of hydrogen-bond acceptors (Lipinski definition) is 13. The Kier molecular flexibility index (Phi) is 8.12. The average molecular weight is 643 g/mol. The van der Waals surface area contributed by atoms with Gasteiger partial charge in [-0.3, -0.25) is 28.7 Å². The first-order valence-electron chi connectivity index (χ1n) is 12.9. The van der Waals surface area contributed by atoms with Crippen LogP contribution in [0.5, 0.6) is 0 Å². The van der Waals surface area contributed by atoms with E-state index in [-0.39, 0.29) is 62.2 Å². The minimum atomic E-state index is -3.86. The van der Waals surface area contributed by atoms with Gasteiger partial charge in [0.25, 0.3) is 11.1 Å². The summed E-state index contributed by atoms with van der Waals surface area (Å²) in [5.74, 6) is -0.167. The van der Waals surface area contributed by atoms with Crippen LogP contribution in [-0.2, 0) is 30.3 Å². The van der Waals surface area contributed by atoms with Crippen molar-refractivity contribution in [3.63, 3.8) is 0 Å². The van der Waals surface area contributed by atoms with Crippen LogP contribution in [0.2, 0.25) is 0 Å². The summed E-state index contributed by atoms with van der Waals surface area (Å²) in [6.07, 6.45) is 3.86. The van der Waals surface area contributed by atoms with Gasteiger partial charge in [-0.2, -0.15) is 9.97 Å². The quantitative estimate of drug-likeness (QED) is 0.0970. The molecular weight excluding hydrogens is 614 g/mol. The van der Waals surface area contributed by atoms with Crippen LogP contribution in [0.3, 0.4) is 0 Å². The van der Waals surface area contributed by atoms with Crippen molar-refractivity contribution in [2.75, 3.05) is 30.8 Å². The fourth-order valence-corrected chi connectivity index (χ4v) is 6.74. The Morgan fingerprint density at radius 2 is 1.64 bits per heavy atom. The van der Waals surface area contributed by atoms with Crippen LogP contribution in [0.25, 0.3) is 22.3 Å². The van der Waals surface area contributed by atoms with Crippen molar-refractivity contribution in [2.24, 2.45) is 5.92 Å². The molecule has 2 saturated heterocycles. The Balaban J connectivity index is 1.09. The third-order valence-corrected chi connectivity index (χ3v) is 8.88. The number of rotatable bonds is 10. The first-order valence-corrected chi connectivity index (χ1v) is 16.6. The predicted molar refractivity (Wildman–Crippen MR) is 154 cm³/mol. The number of hydrogen-bond donors (Lipinski definition) is 6. The average Bonchev–Trinajstić information content (AvgIpc) is 3.70. The van der Waals surface area contributed by atoms with E-state index in [4.69, 9.17) is 30.0 Å². The Hall–Kier alpha value is -2.86. The lowest BCUT2D eigenvalue weighted by Crippen LogP contribution is -2.19. The third kappa shape index (κ3) is 6.10. The van der Waals surface area contributed by atoms with Crippen molar-refractivity contribution in [3.8, 4) is 0 Å². The lowest BCUT2D eigenvalue weighted by molar-refractivity contribution is -0.0268. The summed E-state index contributed by atoms with van der Waals surface area (Å²) in [5, 5.41) is 0. The summed E-state index contributed by atoms with van der Waals surface area (Å²) in [6, 6.07) is 0. The van der Waals surface area contributed by atoms with Gasteiger partial charge in [0.15, 0.2) is 22.3 Å². The molecule has 6 heterocycles. The van der Waals surface area contributed by atoms with Gasteiger partial charge in [0.2, 0.25) is 11.9 Å². The second kappa shape index (κ2) is 11.7. The van der Waals surface area contributed by atoms with Crippen LogP contribution in [0.1, 0.15) is 31.7 Å². The van der Waals surface area contributed by atoms with Crippen molar-refractivity contribution < 1.29 is 28.3 Å². The second-order valence-electron chi connectivity index (χ2n) is 9.93. The van der Waals surface area contributed by atoms with Crippen molar-refractivity contribution in [1.29, 1.82) is 0 Å². The van der Waals surface area contributed by atoms with E-state index in [0.29, 0.717) is 31.3 Å². The molecule has 6 rings (SSSR count). The van der Waals surface area contributed by atoms with E-state index < -0.39 is 30.2 Å². The van der Waals surface area contributed by atoms with Gasteiger partial charge in [-0.15, -0.1) is 0 Å². The molecule has 0 radical (unpaired) electrons. The maximum absolute atomic E-state index is 12.3. The molecule has 0 aromatic carbocycles. The molecule has 2 aliphatic rings. The van der Waals surface area contributed by atoms with Gasteiger partial charge < -0.3 is 39.8 Å². The zero-order chi connectivity index (χ0) is 29.6. The smallest absolute Gasteiger partial charge is 0.321 e. The zero-order valence-corrected chi connectivity index (χ0v) is 24.5. The Bertz CT molecular complexity index is 1770. The molecule has 0 spiro atoms. The van der Waals surface area contributed by atoms with Crippen LogP contribution >= 0.6 is 15.5 Å². The SMILES string of the molecule is Nc1nc2c(ncn2C2CCC(COPC[C@@H]3CC(COP(O)(O)=S)OC3n3cnc4c(=O)[nH]c(N)nc43)O2)c(=O)[nH]1. The molecule has 42 heavy (non-hydrogen) atoms. The van der Waals surface area contributed by atoms with Crippen LogP contribution in [0.15, 0.2) is 22.2 Å².